The van der Waals surface area contributed by atoms with E-state index < -0.39 is 0 Å². The Bertz CT molecular complexity index is 498. The van der Waals surface area contributed by atoms with E-state index in [0.29, 0.717) is 15.9 Å². The number of hydrogen-bond donors (Lipinski definition) is 2. The van der Waals surface area contributed by atoms with Crippen LogP contribution in [0.15, 0.2) is 12.3 Å². The molecule has 0 aliphatic heterocycles. The molecule has 90 valence electrons. The summed E-state index contributed by atoms with van der Waals surface area (Å²) in [5.41, 5.74) is 6.06. The molecule has 3 saturated carbocycles. The number of amides is 1. The third-order valence-corrected chi connectivity index (χ3v) is 4.14. The molecular formula is C11H11Cl2N3O. The molecule has 1 amide bonds. The second-order valence-corrected chi connectivity index (χ2v) is 5.91. The van der Waals surface area contributed by atoms with Gasteiger partial charge in [0.05, 0.1) is 22.3 Å². The molecule has 0 unspecified atom stereocenters. The summed E-state index contributed by atoms with van der Waals surface area (Å²) in [7, 11) is 0. The molecule has 3 N–H and O–H groups in total. The predicted molar refractivity (Wildman–Crippen MR) is 66.1 cm³/mol. The second kappa shape index (κ2) is 3.34. The van der Waals surface area contributed by atoms with Crippen molar-refractivity contribution in [1.29, 1.82) is 0 Å². The first-order valence-electron chi connectivity index (χ1n) is 5.34. The van der Waals surface area contributed by atoms with Crippen molar-refractivity contribution in [2.75, 3.05) is 5.32 Å². The lowest BCUT2D eigenvalue weighted by molar-refractivity contribution is -0.166. The van der Waals surface area contributed by atoms with Gasteiger partial charge in [0.15, 0.2) is 0 Å². The Labute approximate surface area is 108 Å². The molecule has 0 atom stereocenters. The highest BCUT2D eigenvalue weighted by Crippen LogP contribution is 2.66. The third kappa shape index (κ3) is 1.63. The maximum atomic E-state index is 12.0. The van der Waals surface area contributed by atoms with Crippen LogP contribution >= 0.6 is 23.2 Å². The Balaban J connectivity index is 1.73. The number of nitrogens with zero attached hydrogens (tertiary/aromatic N) is 1. The number of nitrogens with two attached hydrogens (primary N) is 1. The normalized spacial score (nSPS) is 33.6. The predicted octanol–water partition coefficient (Wildman–Crippen LogP) is 2.21. The lowest BCUT2D eigenvalue weighted by Gasteiger charge is -2.67. The zero-order chi connectivity index (χ0) is 12.3. The van der Waals surface area contributed by atoms with Crippen LogP contribution in [0.25, 0.3) is 0 Å². The fourth-order valence-electron chi connectivity index (χ4n) is 2.86. The van der Waals surface area contributed by atoms with Crippen LogP contribution < -0.4 is 11.1 Å². The number of halogens is 2. The van der Waals surface area contributed by atoms with Gasteiger partial charge in [0, 0.05) is 5.54 Å². The average Bonchev–Trinajstić information content (AvgIpc) is 2.16. The molecule has 2 bridgehead atoms. The smallest absolute Gasteiger partial charge is 0.230 e. The molecule has 0 radical (unpaired) electrons. The first-order valence-corrected chi connectivity index (χ1v) is 6.10. The summed E-state index contributed by atoms with van der Waals surface area (Å²) in [6, 6.07) is 1.51. The molecule has 3 aliphatic carbocycles. The number of rotatable bonds is 2. The molecule has 1 aromatic heterocycles. The highest BCUT2D eigenvalue weighted by atomic mass is 35.5. The van der Waals surface area contributed by atoms with Crippen LogP contribution in [-0.4, -0.2) is 16.4 Å². The summed E-state index contributed by atoms with van der Waals surface area (Å²) < 4.78 is 0. The van der Waals surface area contributed by atoms with E-state index >= 15 is 0 Å². The van der Waals surface area contributed by atoms with E-state index in [2.05, 4.69) is 10.3 Å². The van der Waals surface area contributed by atoms with E-state index in [4.69, 9.17) is 28.9 Å². The minimum absolute atomic E-state index is 0.0177. The molecule has 3 fully saturated rings. The number of pyridine rings is 1. The topological polar surface area (TPSA) is 68.0 Å². The van der Waals surface area contributed by atoms with Gasteiger partial charge in [-0.05, 0) is 25.3 Å². The summed E-state index contributed by atoms with van der Waals surface area (Å²) in [5.74, 6) is -0.0177. The van der Waals surface area contributed by atoms with Gasteiger partial charge < -0.3 is 11.1 Å². The third-order valence-electron chi connectivity index (χ3n) is 3.62. The van der Waals surface area contributed by atoms with Crippen molar-refractivity contribution in [2.45, 2.75) is 24.8 Å². The van der Waals surface area contributed by atoms with Crippen LogP contribution in [-0.2, 0) is 4.79 Å². The summed E-state index contributed by atoms with van der Waals surface area (Å²) in [4.78, 5) is 15.9. The Morgan fingerprint density at radius 1 is 1.41 bits per heavy atom. The summed E-state index contributed by atoms with van der Waals surface area (Å²) in [6.45, 7) is 0. The highest BCUT2D eigenvalue weighted by Gasteiger charge is 2.69. The summed E-state index contributed by atoms with van der Waals surface area (Å²) in [5, 5.41) is 3.49. The fraction of sp³-hybridized carbons (Fsp3) is 0.455. The molecule has 4 rings (SSSR count). The zero-order valence-corrected chi connectivity index (χ0v) is 10.5. The number of nitrogens with one attached hydrogen (secondary N) is 1. The first-order chi connectivity index (χ1) is 7.92. The van der Waals surface area contributed by atoms with Crippen molar-refractivity contribution >= 4 is 34.8 Å². The zero-order valence-electron chi connectivity index (χ0n) is 8.96. The number of carbonyl (C=O) groups excluding carboxylic acids is 1. The Morgan fingerprint density at radius 3 is 2.59 bits per heavy atom. The maximum absolute atomic E-state index is 12.0. The standard InChI is InChI=1S/C11H11Cl2N3O/c12-6-1-8(13)15-2-7(6)16-9(17)10-3-11(14,4-10)5-10/h1-2H,3-5,14H2,(H,16,17). The van der Waals surface area contributed by atoms with Gasteiger partial charge in [-0.1, -0.05) is 23.2 Å². The molecule has 3 aliphatic rings. The van der Waals surface area contributed by atoms with Crippen molar-refractivity contribution in [3.8, 4) is 0 Å². The van der Waals surface area contributed by atoms with Gasteiger partial charge in [-0.2, -0.15) is 0 Å². The highest BCUT2D eigenvalue weighted by molar-refractivity contribution is 6.36. The first kappa shape index (κ1) is 11.3. The lowest BCUT2D eigenvalue weighted by atomic mass is 9.39. The molecule has 1 heterocycles. The summed E-state index contributed by atoms with van der Waals surface area (Å²) in [6.07, 6.45) is 3.77. The van der Waals surface area contributed by atoms with Gasteiger partial charge in [0.2, 0.25) is 5.91 Å². The number of aromatic nitrogens is 1. The molecule has 6 heteroatoms. The largest absolute Gasteiger partial charge is 0.325 e. The monoisotopic (exact) mass is 271 g/mol. The van der Waals surface area contributed by atoms with E-state index in [1.165, 1.54) is 12.3 Å². The van der Waals surface area contributed by atoms with Crippen molar-refractivity contribution in [3.05, 3.63) is 22.4 Å². The second-order valence-electron chi connectivity index (χ2n) is 5.11. The molecular weight excluding hydrogens is 261 g/mol. The van der Waals surface area contributed by atoms with Crippen LogP contribution in [0, 0.1) is 5.41 Å². The Morgan fingerprint density at radius 2 is 2.06 bits per heavy atom. The molecule has 4 nitrogen and oxygen atoms in total. The van der Waals surface area contributed by atoms with Crippen molar-refractivity contribution in [3.63, 3.8) is 0 Å². The average molecular weight is 272 g/mol. The number of anilines is 1. The summed E-state index contributed by atoms with van der Waals surface area (Å²) >= 11 is 11.6. The molecule has 0 saturated heterocycles. The SMILES string of the molecule is NC12CC(C(=O)Nc3cnc(Cl)cc3Cl)(C1)C2. The Kier molecular flexibility index (Phi) is 2.21. The van der Waals surface area contributed by atoms with Gasteiger partial charge >= 0.3 is 0 Å². The number of hydrogen-bond acceptors (Lipinski definition) is 3. The van der Waals surface area contributed by atoms with Crippen molar-refractivity contribution in [2.24, 2.45) is 11.1 Å². The van der Waals surface area contributed by atoms with Gasteiger partial charge in [-0.25, -0.2) is 4.98 Å². The van der Waals surface area contributed by atoms with E-state index in [0.717, 1.165) is 19.3 Å². The minimum Gasteiger partial charge on any atom is -0.325 e. The van der Waals surface area contributed by atoms with Crippen molar-refractivity contribution in [1.82, 2.24) is 4.98 Å². The van der Waals surface area contributed by atoms with Gasteiger partial charge in [0.1, 0.15) is 5.15 Å². The number of carbonyl (C=O) groups is 1. The van der Waals surface area contributed by atoms with Crippen LogP contribution in [0.3, 0.4) is 0 Å². The van der Waals surface area contributed by atoms with E-state index in [1.54, 1.807) is 0 Å². The van der Waals surface area contributed by atoms with Crippen LogP contribution in [0.5, 0.6) is 0 Å². The van der Waals surface area contributed by atoms with Crippen molar-refractivity contribution < 1.29 is 4.79 Å². The molecule has 1 aromatic rings. The molecule has 17 heavy (non-hydrogen) atoms. The van der Waals surface area contributed by atoms with Gasteiger partial charge in [-0.15, -0.1) is 0 Å². The lowest BCUT2D eigenvalue weighted by Crippen LogP contribution is -2.75. The minimum atomic E-state index is -0.266. The van der Waals surface area contributed by atoms with Crippen LogP contribution in [0.4, 0.5) is 5.69 Å². The van der Waals surface area contributed by atoms with Crippen LogP contribution in [0.1, 0.15) is 19.3 Å². The van der Waals surface area contributed by atoms with Crippen LogP contribution in [0.2, 0.25) is 10.2 Å². The van der Waals surface area contributed by atoms with E-state index in [-0.39, 0.29) is 16.9 Å². The quantitative estimate of drug-likeness (QED) is 0.811. The Hall–Kier alpha value is -0.840. The molecule has 0 aromatic carbocycles. The van der Waals surface area contributed by atoms with Gasteiger partial charge in [-0.3, -0.25) is 4.79 Å². The van der Waals surface area contributed by atoms with E-state index in [1.807, 2.05) is 0 Å². The maximum Gasteiger partial charge on any atom is 0.230 e. The van der Waals surface area contributed by atoms with Gasteiger partial charge in [0.25, 0.3) is 0 Å². The fourth-order valence-corrected chi connectivity index (χ4v) is 3.27. The molecule has 0 spiro atoms. The van der Waals surface area contributed by atoms with E-state index in [9.17, 15) is 4.79 Å².